The zero-order valence-corrected chi connectivity index (χ0v) is 17.0. The molecule has 0 radical (unpaired) electrons. The summed E-state index contributed by atoms with van der Waals surface area (Å²) in [6.45, 7) is 1.90. The molecule has 29 heavy (non-hydrogen) atoms. The van der Waals surface area contributed by atoms with Gasteiger partial charge in [-0.15, -0.1) is 11.3 Å². The number of amides is 2. The molecule has 0 aliphatic heterocycles. The fourth-order valence-corrected chi connectivity index (χ4v) is 3.37. The van der Waals surface area contributed by atoms with Crippen LogP contribution >= 0.6 is 11.3 Å². The summed E-state index contributed by atoms with van der Waals surface area (Å²) in [5, 5.41) is 7.60. The van der Waals surface area contributed by atoms with Crippen molar-refractivity contribution < 1.29 is 14.3 Å². The quantitative estimate of drug-likeness (QED) is 0.571. The van der Waals surface area contributed by atoms with Gasteiger partial charge in [-0.3, -0.25) is 9.59 Å². The van der Waals surface area contributed by atoms with Crippen molar-refractivity contribution in [2.24, 2.45) is 0 Å². The SMILES string of the molecule is COc1ccc(C(=O)N/C(=C\c2cccs2)C(=O)N[C@H](C)c2ccccc2)cc1. The minimum Gasteiger partial charge on any atom is -0.497 e. The van der Waals surface area contributed by atoms with E-state index >= 15 is 0 Å². The van der Waals surface area contributed by atoms with E-state index in [2.05, 4.69) is 10.6 Å². The molecule has 2 N–H and O–H groups in total. The summed E-state index contributed by atoms with van der Waals surface area (Å²) in [7, 11) is 1.56. The van der Waals surface area contributed by atoms with Crippen LogP contribution in [0.25, 0.3) is 6.08 Å². The topological polar surface area (TPSA) is 67.4 Å². The number of hydrogen-bond acceptors (Lipinski definition) is 4. The van der Waals surface area contributed by atoms with Crippen molar-refractivity contribution in [2.75, 3.05) is 7.11 Å². The highest BCUT2D eigenvalue weighted by Gasteiger charge is 2.17. The van der Waals surface area contributed by atoms with Crippen LogP contribution in [0.3, 0.4) is 0 Å². The highest BCUT2D eigenvalue weighted by molar-refractivity contribution is 7.10. The predicted octanol–water partition coefficient (Wildman–Crippen LogP) is 4.41. The number of thiophene rings is 1. The number of carbonyl (C=O) groups excluding carboxylic acids is 2. The van der Waals surface area contributed by atoms with E-state index in [0.717, 1.165) is 10.4 Å². The lowest BCUT2D eigenvalue weighted by molar-refractivity contribution is -0.118. The number of nitrogens with one attached hydrogen (secondary N) is 2. The molecule has 148 valence electrons. The largest absolute Gasteiger partial charge is 0.497 e. The van der Waals surface area contributed by atoms with Gasteiger partial charge in [0.15, 0.2) is 0 Å². The molecule has 0 aliphatic carbocycles. The number of hydrogen-bond donors (Lipinski definition) is 2. The van der Waals surface area contributed by atoms with Crippen molar-refractivity contribution in [1.29, 1.82) is 0 Å². The van der Waals surface area contributed by atoms with Gasteiger partial charge in [0.1, 0.15) is 11.4 Å². The Bertz CT molecular complexity index is 981. The first kappa shape index (κ1) is 20.4. The lowest BCUT2D eigenvalue weighted by Gasteiger charge is -2.16. The van der Waals surface area contributed by atoms with Gasteiger partial charge < -0.3 is 15.4 Å². The maximum absolute atomic E-state index is 12.9. The Morgan fingerprint density at radius 1 is 1.00 bits per heavy atom. The van der Waals surface area contributed by atoms with Gasteiger partial charge in [0, 0.05) is 10.4 Å². The van der Waals surface area contributed by atoms with E-state index in [1.165, 1.54) is 11.3 Å². The molecule has 0 fully saturated rings. The van der Waals surface area contributed by atoms with Crippen LogP contribution in [0.1, 0.15) is 33.8 Å². The molecule has 1 atom stereocenters. The molecule has 3 rings (SSSR count). The van der Waals surface area contributed by atoms with E-state index < -0.39 is 0 Å². The Morgan fingerprint density at radius 3 is 2.34 bits per heavy atom. The first-order valence-electron chi connectivity index (χ1n) is 9.13. The molecule has 0 aliphatic rings. The van der Waals surface area contributed by atoms with Crippen LogP contribution in [0, 0.1) is 0 Å². The first-order valence-corrected chi connectivity index (χ1v) is 10.0. The van der Waals surface area contributed by atoms with E-state index in [1.807, 2.05) is 54.8 Å². The summed E-state index contributed by atoms with van der Waals surface area (Å²) in [6.07, 6.45) is 1.68. The average Bonchev–Trinajstić information content (AvgIpc) is 3.27. The zero-order chi connectivity index (χ0) is 20.6. The summed E-state index contributed by atoms with van der Waals surface area (Å²) < 4.78 is 5.12. The molecule has 0 bridgehead atoms. The van der Waals surface area contributed by atoms with Crippen molar-refractivity contribution in [3.8, 4) is 5.75 Å². The van der Waals surface area contributed by atoms with Crippen molar-refractivity contribution in [3.63, 3.8) is 0 Å². The third kappa shape index (κ3) is 5.56. The standard InChI is InChI=1S/C23H22N2O3S/c1-16(17-7-4-3-5-8-17)24-23(27)21(15-20-9-6-14-29-20)25-22(26)18-10-12-19(28-2)13-11-18/h3-16H,1-2H3,(H,24,27)(H,25,26)/b21-15-/t16-/m1/s1. The summed E-state index contributed by atoms with van der Waals surface area (Å²) in [4.78, 5) is 26.5. The van der Waals surface area contributed by atoms with Gasteiger partial charge in [0.25, 0.3) is 11.8 Å². The monoisotopic (exact) mass is 406 g/mol. The van der Waals surface area contributed by atoms with Crippen molar-refractivity contribution >= 4 is 29.2 Å². The maximum atomic E-state index is 12.9. The second kappa shape index (κ2) is 9.71. The highest BCUT2D eigenvalue weighted by atomic mass is 32.1. The lowest BCUT2D eigenvalue weighted by atomic mass is 10.1. The molecule has 3 aromatic rings. The summed E-state index contributed by atoms with van der Waals surface area (Å²) in [5.41, 5.74) is 1.61. The van der Waals surface area contributed by atoms with Gasteiger partial charge in [-0.2, -0.15) is 0 Å². The Morgan fingerprint density at radius 2 is 1.72 bits per heavy atom. The minimum absolute atomic E-state index is 0.191. The first-order chi connectivity index (χ1) is 14.1. The lowest BCUT2D eigenvalue weighted by Crippen LogP contribution is -2.36. The Labute approximate surface area is 174 Å². The molecule has 0 spiro atoms. The summed E-state index contributed by atoms with van der Waals surface area (Å²) in [6, 6.07) is 20.0. The van der Waals surface area contributed by atoms with Crippen LogP contribution in [0.4, 0.5) is 0 Å². The van der Waals surface area contributed by atoms with Crippen LogP contribution in [-0.4, -0.2) is 18.9 Å². The normalized spacial score (nSPS) is 12.1. The van der Waals surface area contributed by atoms with Gasteiger partial charge in [-0.25, -0.2) is 0 Å². The van der Waals surface area contributed by atoms with E-state index in [-0.39, 0.29) is 23.6 Å². The minimum atomic E-state index is -0.363. The van der Waals surface area contributed by atoms with Crippen LogP contribution < -0.4 is 15.4 Å². The molecule has 1 aromatic heterocycles. The highest BCUT2D eigenvalue weighted by Crippen LogP contribution is 2.16. The van der Waals surface area contributed by atoms with E-state index in [1.54, 1.807) is 37.5 Å². The Hall–Kier alpha value is -3.38. The fourth-order valence-electron chi connectivity index (χ4n) is 2.71. The molecule has 2 amide bonds. The summed E-state index contributed by atoms with van der Waals surface area (Å²) >= 11 is 1.49. The van der Waals surface area contributed by atoms with E-state index in [9.17, 15) is 9.59 Å². The molecule has 5 nitrogen and oxygen atoms in total. The molecule has 1 heterocycles. The van der Waals surface area contributed by atoms with Crippen molar-refractivity contribution in [1.82, 2.24) is 10.6 Å². The van der Waals surface area contributed by atoms with Crippen LogP contribution in [-0.2, 0) is 4.79 Å². The molecular formula is C23H22N2O3S. The molecule has 2 aromatic carbocycles. The smallest absolute Gasteiger partial charge is 0.268 e. The number of ether oxygens (including phenoxy) is 1. The van der Waals surface area contributed by atoms with Gasteiger partial charge in [0.2, 0.25) is 0 Å². The maximum Gasteiger partial charge on any atom is 0.268 e. The Balaban J connectivity index is 1.79. The molecule has 0 saturated heterocycles. The molecule has 0 saturated carbocycles. The van der Waals surface area contributed by atoms with Crippen molar-refractivity contribution in [2.45, 2.75) is 13.0 Å². The number of carbonyl (C=O) groups is 2. The Kier molecular flexibility index (Phi) is 6.81. The number of benzene rings is 2. The van der Waals surface area contributed by atoms with Crippen LogP contribution in [0.15, 0.2) is 77.8 Å². The fraction of sp³-hybridized carbons (Fsp3) is 0.130. The van der Waals surface area contributed by atoms with E-state index in [4.69, 9.17) is 4.74 Å². The zero-order valence-electron chi connectivity index (χ0n) is 16.2. The predicted molar refractivity (Wildman–Crippen MR) is 116 cm³/mol. The average molecular weight is 407 g/mol. The van der Waals surface area contributed by atoms with Crippen LogP contribution in [0.2, 0.25) is 0 Å². The van der Waals surface area contributed by atoms with E-state index in [0.29, 0.717) is 11.3 Å². The third-order valence-electron chi connectivity index (χ3n) is 4.32. The van der Waals surface area contributed by atoms with Gasteiger partial charge in [0.05, 0.1) is 13.2 Å². The van der Waals surface area contributed by atoms with Crippen LogP contribution in [0.5, 0.6) is 5.75 Å². The van der Waals surface area contributed by atoms with Gasteiger partial charge >= 0.3 is 0 Å². The van der Waals surface area contributed by atoms with Gasteiger partial charge in [-0.1, -0.05) is 36.4 Å². The number of methoxy groups -OCH3 is 1. The second-order valence-corrected chi connectivity index (χ2v) is 7.34. The van der Waals surface area contributed by atoms with Crippen molar-refractivity contribution in [3.05, 3.63) is 93.8 Å². The third-order valence-corrected chi connectivity index (χ3v) is 5.14. The number of rotatable bonds is 7. The summed E-state index contributed by atoms with van der Waals surface area (Å²) in [5.74, 6) is -0.0556. The molecule has 6 heteroatoms. The second-order valence-electron chi connectivity index (χ2n) is 6.36. The molecular weight excluding hydrogens is 384 g/mol. The molecule has 0 unspecified atom stereocenters. The van der Waals surface area contributed by atoms with Gasteiger partial charge in [-0.05, 0) is 54.3 Å².